The second kappa shape index (κ2) is 4.31. The van der Waals surface area contributed by atoms with Crippen molar-refractivity contribution < 1.29 is 19.7 Å². The maximum absolute atomic E-state index is 10.7. The van der Waals surface area contributed by atoms with Crippen LogP contribution in [0.25, 0.3) is 0 Å². The minimum atomic E-state index is -2.29. The van der Waals surface area contributed by atoms with Crippen molar-refractivity contribution in [3.8, 4) is 0 Å². The first-order valence-corrected chi connectivity index (χ1v) is 3.68. The summed E-state index contributed by atoms with van der Waals surface area (Å²) in [5.41, 5.74) is 0. The molecule has 0 aliphatic heterocycles. The average molecular weight is 162 g/mol. The van der Waals surface area contributed by atoms with Gasteiger partial charge in [0, 0.05) is 12.8 Å². The Morgan fingerprint density at radius 2 is 2.00 bits per heavy atom. The predicted octanol–water partition coefficient (Wildman–Crippen LogP) is 0.378. The highest BCUT2D eigenvalue weighted by Gasteiger charge is 2.24. The molecule has 2 N–H and O–H groups in total. The fourth-order valence-corrected chi connectivity index (χ4v) is 0.510. The van der Waals surface area contributed by atoms with E-state index in [-0.39, 0.29) is 12.8 Å². The van der Waals surface area contributed by atoms with E-state index >= 15 is 0 Å². The Kier molecular flexibility index (Phi) is 4.07. The zero-order valence-corrected chi connectivity index (χ0v) is 6.83. The fourth-order valence-electron chi connectivity index (χ4n) is 0.510. The lowest BCUT2D eigenvalue weighted by atomic mass is 10.3. The molecular weight excluding hydrogens is 148 g/mol. The maximum Gasteiger partial charge on any atom is 0.323 e. The second-order valence-electron chi connectivity index (χ2n) is 2.32. The van der Waals surface area contributed by atoms with Gasteiger partial charge in [-0.05, 0) is 6.42 Å². The number of hydrogen-bond acceptors (Lipinski definition) is 4. The molecule has 0 fully saturated rings. The third kappa shape index (κ3) is 4.75. The molecule has 66 valence electrons. The van der Waals surface area contributed by atoms with E-state index in [1.54, 1.807) is 0 Å². The highest BCUT2D eigenvalue weighted by Crippen LogP contribution is 2.08. The highest BCUT2D eigenvalue weighted by molar-refractivity contribution is 5.69. The molecular formula is C7H14O4. The van der Waals surface area contributed by atoms with Crippen molar-refractivity contribution in [1.29, 1.82) is 0 Å². The molecule has 0 rings (SSSR count). The Morgan fingerprint density at radius 1 is 1.45 bits per heavy atom. The number of rotatable bonds is 4. The lowest BCUT2D eigenvalue weighted by Gasteiger charge is -2.18. The van der Waals surface area contributed by atoms with Crippen LogP contribution in [0.3, 0.4) is 0 Å². The van der Waals surface area contributed by atoms with Gasteiger partial charge in [-0.1, -0.05) is 13.8 Å². The van der Waals surface area contributed by atoms with Crippen LogP contribution in [-0.4, -0.2) is 22.2 Å². The Balaban J connectivity index is 3.74. The fraction of sp³-hybridized carbons (Fsp3) is 0.857. The topological polar surface area (TPSA) is 66.8 Å². The number of carbonyl (C=O) groups is 1. The van der Waals surface area contributed by atoms with Crippen LogP contribution in [0.4, 0.5) is 0 Å². The predicted molar refractivity (Wildman–Crippen MR) is 38.5 cm³/mol. The third-order valence-corrected chi connectivity index (χ3v) is 1.19. The van der Waals surface area contributed by atoms with Gasteiger partial charge in [0.15, 0.2) is 0 Å². The van der Waals surface area contributed by atoms with E-state index in [2.05, 4.69) is 4.74 Å². The van der Waals surface area contributed by atoms with Crippen molar-refractivity contribution in [3.05, 3.63) is 0 Å². The van der Waals surface area contributed by atoms with Gasteiger partial charge in [0.2, 0.25) is 0 Å². The summed E-state index contributed by atoms with van der Waals surface area (Å²) in [6.07, 6.45) is 0.823. The van der Waals surface area contributed by atoms with E-state index in [4.69, 9.17) is 10.2 Å². The van der Waals surface area contributed by atoms with Crippen LogP contribution >= 0.6 is 0 Å². The molecule has 4 heteroatoms. The zero-order chi connectivity index (χ0) is 8.91. The molecule has 0 amide bonds. The number of carbonyl (C=O) groups excluding carboxylic acids is 1. The van der Waals surface area contributed by atoms with E-state index in [0.717, 1.165) is 0 Å². The van der Waals surface area contributed by atoms with Crippen molar-refractivity contribution >= 4 is 5.97 Å². The van der Waals surface area contributed by atoms with Gasteiger partial charge in [-0.15, -0.1) is 0 Å². The first-order chi connectivity index (χ1) is 5.02. The lowest BCUT2D eigenvalue weighted by Crippen LogP contribution is -2.33. The molecule has 0 aliphatic rings. The Morgan fingerprint density at radius 3 is 2.36 bits per heavy atom. The van der Waals surface area contributed by atoms with Gasteiger partial charge in [0.1, 0.15) is 0 Å². The van der Waals surface area contributed by atoms with Crippen LogP contribution in [0.5, 0.6) is 0 Å². The molecule has 0 aromatic carbocycles. The van der Waals surface area contributed by atoms with Crippen LogP contribution in [-0.2, 0) is 9.53 Å². The van der Waals surface area contributed by atoms with Crippen LogP contribution in [0.1, 0.15) is 33.1 Å². The van der Waals surface area contributed by atoms with Crippen LogP contribution in [0.2, 0.25) is 0 Å². The van der Waals surface area contributed by atoms with Gasteiger partial charge in [0.05, 0.1) is 0 Å². The molecule has 0 saturated carbocycles. The monoisotopic (exact) mass is 162 g/mol. The molecule has 11 heavy (non-hydrogen) atoms. The Hall–Kier alpha value is -0.610. The lowest BCUT2D eigenvalue weighted by molar-refractivity contribution is -0.319. The maximum atomic E-state index is 10.7. The Labute approximate surface area is 65.8 Å². The van der Waals surface area contributed by atoms with E-state index < -0.39 is 11.9 Å². The van der Waals surface area contributed by atoms with Crippen molar-refractivity contribution in [3.63, 3.8) is 0 Å². The molecule has 0 radical (unpaired) electrons. The van der Waals surface area contributed by atoms with Crippen molar-refractivity contribution in [2.45, 2.75) is 39.1 Å². The molecule has 4 nitrogen and oxygen atoms in total. The summed E-state index contributed by atoms with van der Waals surface area (Å²) < 4.78 is 4.30. The summed E-state index contributed by atoms with van der Waals surface area (Å²) >= 11 is 0. The van der Waals surface area contributed by atoms with Gasteiger partial charge in [0.25, 0.3) is 0 Å². The van der Waals surface area contributed by atoms with Gasteiger partial charge < -0.3 is 14.9 Å². The molecule has 0 bridgehead atoms. The van der Waals surface area contributed by atoms with Gasteiger partial charge >= 0.3 is 11.9 Å². The molecule has 0 heterocycles. The van der Waals surface area contributed by atoms with E-state index in [1.807, 2.05) is 6.92 Å². The molecule has 0 unspecified atom stereocenters. The molecule has 0 aliphatic carbocycles. The summed E-state index contributed by atoms with van der Waals surface area (Å²) in [6, 6.07) is 0. The second-order valence-corrected chi connectivity index (χ2v) is 2.32. The van der Waals surface area contributed by atoms with Crippen LogP contribution in [0.15, 0.2) is 0 Å². The number of esters is 1. The van der Waals surface area contributed by atoms with E-state index in [0.29, 0.717) is 6.42 Å². The SMILES string of the molecule is CCCC(=O)OC(O)(O)CC. The standard InChI is InChI=1S/C7H14O4/c1-3-5-6(8)11-7(9,10)4-2/h9-10H,3-5H2,1-2H3. The largest absolute Gasteiger partial charge is 0.408 e. The van der Waals surface area contributed by atoms with Gasteiger partial charge in [-0.3, -0.25) is 4.79 Å². The summed E-state index contributed by atoms with van der Waals surface area (Å²) in [6.45, 7) is 3.32. The third-order valence-electron chi connectivity index (χ3n) is 1.19. The molecule has 0 atom stereocenters. The smallest absolute Gasteiger partial charge is 0.323 e. The van der Waals surface area contributed by atoms with E-state index in [9.17, 15) is 4.79 Å². The molecule has 0 saturated heterocycles. The van der Waals surface area contributed by atoms with Crippen molar-refractivity contribution in [2.75, 3.05) is 0 Å². The normalized spacial score (nSPS) is 11.3. The summed E-state index contributed by atoms with van der Waals surface area (Å²) in [5.74, 6) is -2.87. The summed E-state index contributed by atoms with van der Waals surface area (Å²) in [7, 11) is 0. The van der Waals surface area contributed by atoms with Crippen molar-refractivity contribution in [1.82, 2.24) is 0 Å². The molecule has 0 aromatic heterocycles. The number of aliphatic hydroxyl groups is 2. The average Bonchev–Trinajstić information content (AvgIpc) is 1.87. The minimum absolute atomic E-state index is 0.0253. The first kappa shape index (κ1) is 10.4. The van der Waals surface area contributed by atoms with Gasteiger partial charge in [-0.25, -0.2) is 0 Å². The number of ether oxygens (including phenoxy) is 1. The molecule has 0 spiro atoms. The summed E-state index contributed by atoms with van der Waals surface area (Å²) in [4.78, 5) is 10.7. The quantitative estimate of drug-likeness (QED) is 0.463. The Bertz CT molecular complexity index is 130. The highest BCUT2D eigenvalue weighted by atomic mass is 16.8. The van der Waals surface area contributed by atoms with E-state index in [1.165, 1.54) is 6.92 Å². The van der Waals surface area contributed by atoms with Crippen LogP contribution < -0.4 is 0 Å². The molecule has 0 aromatic rings. The van der Waals surface area contributed by atoms with Gasteiger partial charge in [-0.2, -0.15) is 0 Å². The number of hydrogen-bond donors (Lipinski definition) is 2. The summed E-state index contributed by atoms with van der Waals surface area (Å²) in [5, 5.41) is 17.7. The van der Waals surface area contributed by atoms with Crippen LogP contribution in [0, 0.1) is 0 Å². The zero-order valence-electron chi connectivity index (χ0n) is 6.83. The van der Waals surface area contributed by atoms with Crippen molar-refractivity contribution in [2.24, 2.45) is 0 Å². The first-order valence-electron chi connectivity index (χ1n) is 3.68. The minimum Gasteiger partial charge on any atom is -0.408 e.